The molecule has 1 heterocycles. The summed E-state index contributed by atoms with van der Waals surface area (Å²) in [5, 5.41) is 19.2. The van der Waals surface area contributed by atoms with Gasteiger partial charge in [0, 0.05) is 17.6 Å². The van der Waals surface area contributed by atoms with Gasteiger partial charge < -0.3 is 19.7 Å². The molecule has 0 atom stereocenters. The van der Waals surface area contributed by atoms with Gasteiger partial charge in [-0.1, -0.05) is 6.07 Å². The highest BCUT2D eigenvalue weighted by Crippen LogP contribution is 2.27. The molecule has 0 amide bonds. The van der Waals surface area contributed by atoms with Crippen molar-refractivity contribution in [3.05, 3.63) is 54.7 Å². The molecule has 0 radical (unpaired) electrons. The summed E-state index contributed by atoms with van der Waals surface area (Å²) < 4.78 is 9.87. The molecule has 114 valence electrons. The zero-order chi connectivity index (χ0) is 15.9. The van der Waals surface area contributed by atoms with Crippen LogP contribution in [0.15, 0.2) is 54.7 Å². The van der Waals surface area contributed by atoms with Crippen LogP contribution in [0.5, 0.6) is 23.0 Å². The van der Waals surface area contributed by atoms with Crippen LogP contribution in [0.25, 0.3) is 10.9 Å². The minimum Gasteiger partial charge on any atom is -0.508 e. The Morgan fingerprint density at radius 3 is 2.18 bits per heavy atom. The van der Waals surface area contributed by atoms with Crippen LogP contribution in [-0.2, 0) is 0 Å². The number of benzene rings is 2. The first kappa shape index (κ1) is 15.4. The Balaban J connectivity index is 0.000000172. The molecule has 1 aromatic heterocycles. The molecule has 0 spiro atoms. The number of fused-ring (bicyclic) bond motifs is 1. The van der Waals surface area contributed by atoms with Crippen LogP contribution in [0.3, 0.4) is 0 Å². The molecular weight excluding hydrogens is 282 g/mol. The van der Waals surface area contributed by atoms with Crippen molar-refractivity contribution in [2.75, 3.05) is 14.2 Å². The lowest BCUT2D eigenvalue weighted by Gasteiger charge is -2.03. The lowest BCUT2D eigenvalue weighted by Crippen LogP contribution is -1.84. The van der Waals surface area contributed by atoms with E-state index in [1.165, 1.54) is 0 Å². The zero-order valence-electron chi connectivity index (χ0n) is 12.4. The number of nitrogens with zero attached hydrogens (tertiary/aromatic N) is 1. The monoisotopic (exact) mass is 299 g/mol. The van der Waals surface area contributed by atoms with Gasteiger partial charge in [-0.2, -0.15) is 0 Å². The number of hydrogen-bond acceptors (Lipinski definition) is 5. The van der Waals surface area contributed by atoms with Gasteiger partial charge in [-0.3, -0.25) is 4.98 Å². The summed E-state index contributed by atoms with van der Waals surface area (Å²) in [5.74, 6) is 1.80. The average Bonchev–Trinajstić information content (AvgIpc) is 2.56. The summed E-state index contributed by atoms with van der Waals surface area (Å²) in [6, 6.07) is 13.7. The van der Waals surface area contributed by atoms with Gasteiger partial charge in [0.05, 0.1) is 14.2 Å². The molecule has 0 unspecified atom stereocenters. The van der Waals surface area contributed by atoms with E-state index in [2.05, 4.69) is 4.98 Å². The SMILES string of the molecule is COc1cc(O)c2ncccc2c1.COc1ccc(O)cc1. The van der Waals surface area contributed by atoms with Crippen LogP contribution in [0.4, 0.5) is 0 Å². The first-order chi connectivity index (χ1) is 10.6. The second-order valence-corrected chi connectivity index (χ2v) is 4.42. The van der Waals surface area contributed by atoms with E-state index in [4.69, 9.17) is 14.6 Å². The fourth-order valence-corrected chi connectivity index (χ4v) is 1.85. The van der Waals surface area contributed by atoms with Crippen molar-refractivity contribution in [3.63, 3.8) is 0 Å². The predicted molar refractivity (Wildman–Crippen MR) is 84.6 cm³/mol. The second kappa shape index (κ2) is 7.17. The van der Waals surface area contributed by atoms with E-state index < -0.39 is 0 Å². The van der Waals surface area contributed by atoms with Crippen LogP contribution in [0, 0.1) is 0 Å². The van der Waals surface area contributed by atoms with Crippen LogP contribution >= 0.6 is 0 Å². The van der Waals surface area contributed by atoms with E-state index in [0.717, 1.165) is 11.1 Å². The molecule has 0 fully saturated rings. The van der Waals surface area contributed by atoms with Crippen LogP contribution in [0.1, 0.15) is 0 Å². The fourth-order valence-electron chi connectivity index (χ4n) is 1.85. The molecule has 0 aliphatic rings. The third-order valence-electron chi connectivity index (χ3n) is 2.97. The first-order valence-electron chi connectivity index (χ1n) is 6.59. The van der Waals surface area contributed by atoms with Gasteiger partial charge in [0.25, 0.3) is 0 Å². The van der Waals surface area contributed by atoms with E-state index in [1.807, 2.05) is 18.2 Å². The molecular formula is C17H17NO4. The van der Waals surface area contributed by atoms with E-state index in [1.54, 1.807) is 50.7 Å². The number of phenolic OH excluding ortho intramolecular Hbond substituents is 2. The van der Waals surface area contributed by atoms with Crippen molar-refractivity contribution in [3.8, 4) is 23.0 Å². The summed E-state index contributed by atoms with van der Waals surface area (Å²) in [6.45, 7) is 0. The Bertz CT molecular complexity index is 741. The molecule has 0 saturated carbocycles. The van der Waals surface area contributed by atoms with Gasteiger partial charge in [-0.25, -0.2) is 0 Å². The van der Waals surface area contributed by atoms with E-state index >= 15 is 0 Å². The van der Waals surface area contributed by atoms with Crippen molar-refractivity contribution >= 4 is 10.9 Å². The number of aromatic hydroxyl groups is 2. The lowest BCUT2D eigenvalue weighted by atomic mass is 10.2. The number of methoxy groups -OCH3 is 2. The Morgan fingerprint density at radius 2 is 1.55 bits per heavy atom. The minimum atomic E-state index is 0.148. The Hall–Kier alpha value is -2.95. The second-order valence-electron chi connectivity index (χ2n) is 4.42. The Kier molecular flexibility index (Phi) is 5.03. The number of rotatable bonds is 2. The molecule has 0 bridgehead atoms. The summed E-state index contributed by atoms with van der Waals surface area (Å²) in [5.41, 5.74) is 0.600. The zero-order valence-corrected chi connectivity index (χ0v) is 12.4. The molecule has 5 heteroatoms. The number of pyridine rings is 1. The smallest absolute Gasteiger partial charge is 0.145 e. The highest BCUT2D eigenvalue weighted by molar-refractivity contribution is 5.85. The average molecular weight is 299 g/mol. The standard InChI is InChI=1S/C10H9NO2.C7H8O2/c1-13-8-5-7-3-2-4-11-10(7)9(12)6-8;1-9-7-4-2-6(8)3-5-7/h2-6,12H,1H3;2-5,8H,1H3. The number of hydrogen-bond donors (Lipinski definition) is 2. The van der Waals surface area contributed by atoms with Gasteiger partial charge in [-0.05, 0) is 36.4 Å². The highest BCUT2D eigenvalue weighted by Gasteiger charge is 2.02. The van der Waals surface area contributed by atoms with Gasteiger partial charge in [0.15, 0.2) is 0 Å². The first-order valence-corrected chi connectivity index (χ1v) is 6.59. The summed E-state index contributed by atoms with van der Waals surface area (Å²) >= 11 is 0. The van der Waals surface area contributed by atoms with Crippen molar-refractivity contribution in [2.45, 2.75) is 0 Å². The molecule has 2 N–H and O–H groups in total. The van der Waals surface area contributed by atoms with Crippen molar-refractivity contribution in [1.82, 2.24) is 4.98 Å². The van der Waals surface area contributed by atoms with E-state index in [-0.39, 0.29) is 11.5 Å². The topological polar surface area (TPSA) is 71.8 Å². The summed E-state index contributed by atoms with van der Waals surface area (Å²) in [6.07, 6.45) is 1.65. The number of aromatic nitrogens is 1. The van der Waals surface area contributed by atoms with Gasteiger partial charge in [-0.15, -0.1) is 0 Å². The summed E-state index contributed by atoms with van der Waals surface area (Å²) in [4.78, 5) is 4.05. The Labute approximate surface area is 128 Å². The number of ether oxygens (including phenoxy) is 2. The van der Waals surface area contributed by atoms with Crippen LogP contribution in [-0.4, -0.2) is 29.4 Å². The third-order valence-corrected chi connectivity index (χ3v) is 2.97. The van der Waals surface area contributed by atoms with Crippen LogP contribution in [0.2, 0.25) is 0 Å². The fraction of sp³-hybridized carbons (Fsp3) is 0.118. The number of phenols is 2. The van der Waals surface area contributed by atoms with E-state index in [0.29, 0.717) is 11.3 Å². The molecule has 3 aromatic rings. The minimum absolute atomic E-state index is 0.148. The summed E-state index contributed by atoms with van der Waals surface area (Å²) in [7, 11) is 3.16. The third kappa shape index (κ3) is 3.79. The molecule has 2 aromatic carbocycles. The van der Waals surface area contributed by atoms with Gasteiger partial charge >= 0.3 is 0 Å². The molecule has 3 rings (SSSR count). The quantitative estimate of drug-likeness (QED) is 0.759. The van der Waals surface area contributed by atoms with Gasteiger partial charge in [0.1, 0.15) is 28.5 Å². The lowest BCUT2D eigenvalue weighted by molar-refractivity contribution is 0.409. The molecule has 0 aliphatic carbocycles. The molecule has 5 nitrogen and oxygen atoms in total. The van der Waals surface area contributed by atoms with Crippen molar-refractivity contribution in [2.24, 2.45) is 0 Å². The maximum Gasteiger partial charge on any atom is 0.145 e. The normalized spacial score (nSPS) is 9.73. The van der Waals surface area contributed by atoms with Crippen LogP contribution < -0.4 is 9.47 Å². The van der Waals surface area contributed by atoms with Crippen molar-refractivity contribution < 1.29 is 19.7 Å². The highest BCUT2D eigenvalue weighted by atomic mass is 16.5. The largest absolute Gasteiger partial charge is 0.508 e. The molecule has 22 heavy (non-hydrogen) atoms. The van der Waals surface area contributed by atoms with Crippen molar-refractivity contribution in [1.29, 1.82) is 0 Å². The Morgan fingerprint density at radius 1 is 0.864 bits per heavy atom. The maximum atomic E-state index is 9.54. The van der Waals surface area contributed by atoms with Gasteiger partial charge in [0.2, 0.25) is 0 Å². The molecule has 0 saturated heterocycles. The van der Waals surface area contributed by atoms with E-state index in [9.17, 15) is 5.11 Å². The maximum absolute atomic E-state index is 9.54. The predicted octanol–water partition coefficient (Wildman–Crippen LogP) is 3.35. The molecule has 0 aliphatic heterocycles.